The normalized spacial score (nSPS) is 10.2. The minimum absolute atomic E-state index is 0.111. The van der Waals surface area contributed by atoms with E-state index in [0.29, 0.717) is 22.9 Å². The lowest BCUT2D eigenvalue weighted by Crippen LogP contribution is -2.18. The van der Waals surface area contributed by atoms with Crippen molar-refractivity contribution >= 4 is 23.2 Å². The first-order valence-corrected chi connectivity index (χ1v) is 8.88. The quantitative estimate of drug-likeness (QED) is 0.665. The number of hydrogen-bond acceptors (Lipinski definition) is 5. The summed E-state index contributed by atoms with van der Waals surface area (Å²) in [4.78, 5) is 29.3. The maximum absolute atomic E-state index is 12.6. The molecule has 7 heteroatoms. The number of nitrogens with one attached hydrogen (secondary N) is 2. The number of pyridine rings is 1. The molecule has 1 aromatic heterocycles. The van der Waals surface area contributed by atoms with E-state index in [2.05, 4.69) is 15.6 Å². The van der Waals surface area contributed by atoms with Gasteiger partial charge in [0.2, 0.25) is 0 Å². The molecule has 0 aliphatic rings. The summed E-state index contributed by atoms with van der Waals surface area (Å²) in [6.45, 7) is 1.97. The standard InChI is InChI=1S/C22H21N3O4/c1-14-7-9-15(10-8-14)23-21(26)18-5-4-6-19(24-18)22(27)25-17-12-11-16(28-2)13-20(17)29-3/h4-13H,1-3H3,(H,23,26)(H,25,27). The van der Waals surface area contributed by atoms with E-state index < -0.39 is 11.8 Å². The van der Waals surface area contributed by atoms with Crippen molar-refractivity contribution in [3.8, 4) is 11.5 Å². The first kappa shape index (κ1) is 19.9. The zero-order valence-corrected chi connectivity index (χ0v) is 16.4. The largest absolute Gasteiger partial charge is 0.497 e. The Morgan fingerprint density at radius 3 is 2.10 bits per heavy atom. The van der Waals surface area contributed by atoms with Gasteiger partial charge in [0.05, 0.1) is 19.9 Å². The molecule has 7 nitrogen and oxygen atoms in total. The fourth-order valence-corrected chi connectivity index (χ4v) is 2.61. The fraction of sp³-hybridized carbons (Fsp3) is 0.136. The minimum Gasteiger partial charge on any atom is -0.497 e. The molecule has 2 N–H and O–H groups in total. The van der Waals surface area contributed by atoms with Crippen molar-refractivity contribution in [3.63, 3.8) is 0 Å². The number of aromatic nitrogens is 1. The van der Waals surface area contributed by atoms with Gasteiger partial charge in [-0.05, 0) is 43.3 Å². The van der Waals surface area contributed by atoms with Crippen LogP contribution in [-0.4, -0.2) is 31.0 Å². The third-order valence-electron chi connectivity index (χ3n) is 4.18. The van der Waals surface area contributed by atoms with E-state index in [9.17, 15) is 9.59 Å². The Morgan fingerprint density at radius 2 is 1.48 bits per heavy atom. The number of amides is 2. The second-order valence-corrected chi connectivity index (χ2v) is 6.25. The summed E-state index contributed by atoms with van der Waals surface area (Å²) in [5.41, 5.74) is 2.46. The third-order valence-corrected chi connectivity index (χ3v) is 4.18. The topological polar surface area (TPSA) is 89.5 Å². The van der Waals surface area contributed by atoms with Crippen LogP contribution in [0, 0.1) is 6.92 Å². The Morgan fingerprint density at radius 1 is 0.828 bits per heavy atom. The van der Waals surface area contributed by atoms with Gasteiger partial charge in [0.25, 0.3) is 11.8 Å². The number of aryl methyl sites for hydroxylation is 1. The predicted molar refractivity (Wildman–Crippen MR) is 111 cm³/mol. The number of rotatable bonds is 6. The summed E-state index contributed by atoms with van der Waals surface area (Å²) < 4.78 is 10.4. The number of hydrogen-bond donors (Lipinski definition) is 2. The van der Waals surface area contributed by atoms with Crippen molar-refractivity contribution < 1.29 is 19.1 Å². The molecule has 0 aliphatic carbocycles. The van der Waals surface area contributed by atoms with Gasteiger partial charge < -0.3 is 20.1 Å². The van der Waals surface area contributed by atoms with Crippen LogP contribution in [0.25, 0.3) is 0 Å². The lowest BCUT2D eigenvalue weighted by Gasteiger charge is -2.12. The molecule has 3 rings (SSSR count). The second-order valence-electron chi connectivity index (χ2n) is 6.25. The highest BCUT2D eigenvalue weighted by Gasteiger charge is 2.15. The summed E-state index contributed by atoms with van der Waals surface area (Å²) in [7, 11) is 3.04. The molecule has 0 radical (unpaired) electrons. The van der Waals surface area contributed by atoms with E-state index in [0.717, 1.165) is 5.56 Å². The van der Waals surface area contributed by atoms with E-state index in [1.807, 2.05) is 19.1 Å². The highest BCUT2D eigenvalue weighted by Crippen LogP contribution is 2.29. The molecule has 3 aromatic rings. The van der Waals surface area contributed by atoms with Crippen LogP contribution in [0.1, 0.15) is 26.5 Å². The Kier molecular flexibility index (Phi) is 6.09. The highest BCUT2D eigenvalue weighted by atomic mass is 16.5. The van der Waals surface area contributed by atoms with Crippen LogP contribution in [0.3, 0.4) is 0 Å². The summed E-state index contributed by atoms with van der Waals surface area (Å²) in [6.07, 6.45) is 0. The lowest BCUT2D eigenvalue weighted by molar-refractivity contribution is 0.101. The van der Waals surface area contributed by atoms with Crippen LogP contribution >= 0.6 is 0 Å². The third kappa shape index (κ3) is 4.90. The Hall–Kier alpha value is -3.87. The first-order chi connectivity index (χ1) is 14.0. The maximum Gasteiger partial charge on any atom is 0.274 e. The van der Waals surface area contributed by atoms with Crippen LogP contribution in [0.5, 0.6) is 11.5 Å². The monoisotopic (exact) mass is 391 g/mol. The fourth-order valence-electron chi connectivity index (χ4n) is 2.61. The van der Waals surface area contributed by atoms with Crippen molar-refractivity contribution in [1.29, 1.82) is 0 Å². The molecular weight excluding hydrogens is 370 g/mol. The number of benzene rings is 2. The van der Waals surface area contributed by atoms with Crippen LogP contribution < -0.4 is 20.1 Å². The molecule has 29 heavy (non-hydrogen) atoms. The van der Waals surface area contributed by atoms with Gasteiger partial charge in [0.15, 0.2) is 0 Å². The van der Waals surface area contributed by atoms with Gasteiger partial charge in [-0.1, -0.05) is 23.8 Å². The number of carbonyl (C=O) groups excluding carboxylic acids is 2. The van der Waals surface area contributed by atoms with Gasteiger partial charge >= 0.3 is 0 Å². The van der Waals surface area contributed by atoms with Crippen molar-refractivity contribution in [2.75, 3.05) is 24.9 Å². The molecule has 0 saturated heterocycles. The minimum atomic E-state index is -0.460. The number of methoxy groups -OCH3 is 2. The second kappa shape index (κ2) is 8.88. The van der Waals surface area contributed by atoms with Gasteiger partial charge in [0, 0.05) is 11.8 Å². The lowest BCUT2D eigenvalue weighted by atomic mass is 10.2. The van der Waals surface area contributed by atoms with Gasteiger partial charge in [-0.2, -0.15) is 0 Å². The van der Waals surface area contributed by atoms with Crippen LogP contribution in [0.4, 0.5) is 11.4 Å². The molecule has 0 saturated carbocycles. The number of anilines is 2. The van der Waals surface area contributed by atoms with E-state index in [4.69, 9.17) is 9.47 Å². The molecule has 0 fully saturated rings. The average molecular weight is 391 g/mol. The van der Waals surface area contributed by atoms with Crippen molar-refractivity contribution in [3.05, 3.63) is 77.6 Å². The van der Waals surface area contributed by atoms with Crippen LogP contribution in [0.2, 0.25) is 0 Å². The van der Waals surface area contributed by atoms with E-state index >= 15 is 0 Å². The number of ether oxygens (including phenoxy) is 2. The van der Waals surface area contributed by atoms with Crippen LogP contribution in [-0.2, 0) is 0 Å². The zero-order chi connectivity index (χ0) is 20.8. The molecule has 148 valence electrons. The molecule has 0 bridgehead atoms. The first-order valence-electron chi connectivity index (χ1n) is 8.88. The summed E-state index contributed by atoms with van der Waals surface area (Å²) >= 11 is 0. The van der Waals surface area contributed by atoms with E-state index in [-0.39, 0.29) is 11.4 Å². The van der Waals surface area contributed by atoms with Crippen LogP contribution in [0.15, 0.2) is 60.7 Å². The molecular formula is C22H21N3O4. The highest BCUT2D eigenvalue weighted by molar-refractivity contribution is 6.06. The Bertz CT molecular complexity index is 1030. The van der Waals surface area contributed by atoms with Gasteiger partial charge in [-0.15, -0.1) is 0 Å². The average Bonchev–Trinajstić information content (AvgIpc) is 2.75. The van der Waals surface area contributed by atoms with Gasteiger partial charge in [-0.3, -0.25) is 9.59 Å². The zero-order valence-electron chi connectivity index (χ0n) is 16.4. The summed E-state index contributed by atoms with van der Waals surface area (Å²) in [5.74, 6) is 0.197. The molecule has 0 unspecified atom stereocenters. The molecule has 1 heterocycles. The summed E-state index contributed by atoms with van der Waals surface area (Å²) in [5, 5.41) is 5.50. The van der Waals surface area contributed by atoms with E-state index in [1.165, 1.54) is 13.2 Å². The SMILES string of the molecule is COc1ccc(NC(=O)c2cccc(C(=O)Nc3ccc(C)cc3)n2)c(OC)c1. The smallest absolute Gasteiger partial charge is 0.274 e. The molecule has 2 aromatic carbocycles. The van der Waals surface area contributed by atoms with E-state index in [1.54, 1.807) is 49.6 Å². The molecule has 0 aliphatic heterocycles. The van der Waals surface area contributed by atoms with Gasteiger partial charge in [0.1, 0.15) is 22.9 Å². The summed E-state index contributed by atoms with van der Waals surface area (Å²) in [6, 6.07) is 17.1. The maximum atomic E-state index is 12.6. The van der Waals surface area contributed by atoms with Crippen molar-refractivity contribution in [2.24, 2.45) is 0 Å². The predicted octanol–water partition coefficient (Wildman–Crippen LogP) is 3.91. The number of carbonyl (C=O) groups is 2. The van der Waals surface area contributed by atoms with Crippen molar-refractivity contribution in [2.45, 2.75) is 6.92 Å². The Labute approximate surface area is 168 Å². The van der Waals surface area contributed by atoms with Gasteiger partial charge in [-0.25, -0.2) is 4.98 Å². The molecule has 0 spiro atoms. The molecule has 2 amide bonds. The molecule has 0 atom stereocenters. The Balaban J connectivity index is 1.75. The van der Waals surface area contributed by atoms with Crippen molar-refractivity contribution in [1.82, 2.24) is 4.98 Å². The number of nitrogens with zero attached hydrogens (tertiary/aromatic N) is 1.